The van der Waals surface area contributed by atoms with Crippen molar-refractivity contribution in [1.29, 1.82) is 5.26 Å². The Morgan fingerprint density at radius 3 is 2.53 bits per heavy atom. The van der Waals surface area contributed by atoms with Gasteiger partial charge in [0.2, 0.25) is 0 Å². The van der Waals surface area contributed by atoms with E-state index in [9.17, 15) is 23.2 Å². The van der Waals surface area contributed by atoms with E-state index in [0.717, 1.165) is 6.20 Å². The lowest BCUT2D eigenvalue weighted by Crippen LogP contribution is -2.15. The Labute approximate surface area is 192 Å². The van der Waals surface area contributed by atoms with Gasteiger partial charge in [0, 0.05) is 52.7 Å². The van der Waals surface area contributed by atoms with Crippen LogP contribution in [0.1, 0.15) is 27.3 Å². The van der Waals surface area contributed by atoms with E-state index in [4.69, 9.17) is 0 Å². The first-order chi connectivity index (χ1) is 16.3. The Morgan fingerprint density at radius 1 is 1.00 bits per heavy atom. The van der Waals surface area contributed by atoms with Crippen LogP contribution in [0.5, 0.6) is 0 Å². The first-order valence-electron chi connectivity index (χ1n) is 9.88. The van der Waals surface area contributed by atoms with E-state index in [1.54, 1.807) is 49.8 Å². The number of halogens is 3. The fourth-order valence-electron chi connectivity index (χ4n) is 3.25. The standard InChI is InChI=1S/C24H15F3N6O/c1-14-20(18-7-17(10-28)22(32-12-18)16-3-2-5-29-11-16)9-19(13-31-14)33-23(34)15-4-6-30-21(8-15)24(25,26)27/h2-9,11-13H,1H3,(H,33,34). The lowest BCUT2D eigenvalue weighted by molar-refractivity contribution is -0.141. The number of hydrogen-bond acceptors (Lipinski definition) is 6. The minimum atomic E-state index is -4.66. The number of carbonyl (C=O) groups excluding carboxylic acids is 1. The van der Waals surface area contributed by atoms with Crippen LogP contribution in [0.4, 0.5) is 18.9 Å². The van der Waals surface area contributed by atoms with Crippen LogP contribution < -0.4 is 5.32 Å². The van der Waals surface area contributed by atoms with Crippen LogP contribution in [0.2, 0.25) is 0 Å². The van der Waals surface area contributed by atoms with Crippen LogP contribution in [0.3, 0.4) is 0 Å². The highest BCUT2D eigenvalue weighted by atomic mass is 19.4. The fraction of sp³-hybridized carbons (Fsp3) is 0.0833. The summed E-state index contributed by atoms with van der Waals surface area (Å²) in [4.78, 5) is 28.5. The fourth-order valence-corrected chi connectivity index (χ4v) is 3.25. The van der Waals surface area contributed by atoms with Gasteiger partial charge in [-0.15, -0.1) is 0 Å². The number of nitrogens with one attached hydrogen (secondary N) is 1. The average molecular weight is 460 g/mol. The number of amides is 1. The summed E-state index contributed by atoms with van der Waals surface area (Å²) in [5, 5.41) is 12.2. The van der Waals surface area contributed by atoms with Crippen LogP contribution in [0, 0.1) is 18.3 Å². The van der Waals surface area contributed by atoms with Crippen LogP contribution >= 0.6 is 0 Å². The SMILES string of the molecule is Cc1ncc(NC(=O)c2ccnc(C(F)(F)F)c2)cc1-c1cnc(-c2cccnc2)c(C#N)c1. The van der Waals surface area contributed by atoms with Crippen molar-refractivity contribution in [3.05, 3.63) is 89.9 Å². The summed E-state index contributed by atoms with van der Waals surface area (Å²) in [6.07, 6.45) is 2.46. The topological polar surface area (TPSA) is 104 Å². The van der Waals surface area contributed by atoms with Gasteiger partial charge in [0.25, 0.3) is 5.91 Å². The molecule has 168 valence electrons. The minimum Gasteiger partial charge on any atom is -0.321 e. The Bertz CT molecular complexity index is 1410. The molecule has 4 heterocycles. The molecule has 7 nitrogen and oxygen atoms in total. The first-order valence-corrected chi connectivity index (χ1v) is 9.88. The summed E-state index contributed by atoms with van der Waals surface area (Å²) >= 11 is 0. The number of aryl methyl sites for hydroxylation is 1. The predicted octanol–water partition coefficient (Wildman–Crippen LogP) is 5.05. The molecule has 0 atom stereocenters. The van der Waals surface area contributed by atoms with Crippen molar-refractivity contribution in [1.82, 2.24) is 19.9 Å². The molecule has 0 saturated carbocycles. The molecule has 10 heteroatoms. The second-order valence-electron chi connectivity index (χ2n) is 7.21. The largest absolute Gasteiger partial charge is 0.433 e. The number of nitrogens with zero attached hydrogens (tertiary/aromatic N) is 5. The summed E-state index contributed by atoms with van der Waals surface area (Å²) in [5.41, 5.74) is 2.22. The van der Waals surface area contributed by atoms with Crippen LogP contribution in [-0.2, 0) is 6.18 Å². The molecule has 0 bridgehead atoms. The zero-order valence-electron chi connectivity index (χ0n) is 17.6. The van der Waals surface area contributed by atoms with Gasteiger partial charge in [-0.05, 0) is 43.3 Å². The second kappa shape index (κ2) is 9.07. The Kier molecular flexibility index (Phi) is 6.01. The van der Waals surface area contributed by atoms with Gasteiger partial charge < -0.3 is 5.32 Å². The lowest BCUT2D eigenvalue weighted by Gasteiger charge is -2.12. The molecular formula is C24H15F3N6O. The van der Waals surface area contributed by atoms with Crippen molar-refractivity contribution in [2.24, 2.45) is 0 Å². The number of carbonyl (C=O) groups is 1. The third kappa shape index (κ3) is 4.73. The number of alkyl halides is 3. The van der Waals surface area contributed by atoms with Gasteiger partial charge in [-0.3, -0.25) is 24.7 Å². The summed E-state index contributed by atoms with van der Waals surface area (Å²) in [6.45, 7) is 1.75. The van der Waals surface area contributed by atoms with E-state index >= 15 is 0 Å². The van der Waals surface area contributed by atoms with Crippen LogP contribution in [0.25, 0.3) is 22.4 Å². The number of pyridine rings is 4. The Morgan fingerprint density at radius 2 is 1.82 bits per heavy atom. The number of aromatic nitrogens is 4. The highest BCUT2D eigenvalue weighted by Gasteiger charge is 2.33. The molecule has 34 heavy (non-hydrogen) atoms. The molecule has 0 aliphatic rings. The van der Waals surface area contributed by atoms with E-state index in [2.05, 4.69) is 31.3 Å². The molecule has 4 aromatic rings. The van der Waals surface area contributed by atoms with E-state index in [1.165, 1.54) is 12.3 Å². The maximum absolute atomic E-state index is 12.9. The van der Waals surface area contributed by atoms with Crippen LogP contribution in [-0.4, -0.2) is 25.8 Å². The van der Waals surface area contributed by atoms with Gasteiger partial charge in [-0.1, -0.05) is 0 Å². The zero-order valence-corrected chi connectivity index (χ0v) is 17.6. The van der Waals surface area contributed by atoms with Gasteiger partial charge in [0.05, 0.1) is 23.1 Å². The van der Waals surface area contributed by atoms with Crippen molar-refractivity contribution in [2.45, 2.75) is 13.1 Å². The molecule has 1 amide bonds. The van der Waals surface area contributed by atoms with E-state index < -0.39 is 17.8 Å². The third-order valence-electron chi connectivity index (χ3n) is 4.91. The third-order valence-corrected chi connectivity index (χ3v) is 4.91. The smallest absolute Gasteiger partial charge is 0.321 e. The predicted molar refractivity (Wildman–Crippen MR) is 117 cm³/mol. The quantitative estimate of drug-likeness (QED) is 0.457. The zero-order chi connectivity index (χ0) is 24.3. The van der Waals surface area contributed by atoms with Crippen molar-refractivity contribution in [3.63, 3.8) is 0 Å². The Hall–Kier alpha value is -4.65. The molecule has 0 aliphatic carbocycles. The highest BCUT2D eigenvalue weighted by molar-refractivity contribution is 6.04. The van der Waals surface area contributed by atoms with Gasteiger partial charge in [-0.25, -0.2) is 0 Å². The van der Waals surface area contributed by atoms with Gasteiger partial charge in [-0.2, -0.15) is 18.4 Å². The van der Waals surface area contributed by atoms with Gasteiger partial charge in [0.1, 0.15) is 11.8 Å². The highest BCUT2D eigenvalue weighted by Crippen LogP contribution is 2.30. The average Bonchev–Trinajstić information content (AvgIpc) is 2.85. The summed E-state index contributed by atoms with van der Waals surface area (Å²) < 4.78 is 38.7. The molecule has 0 saturated heterocycles. The number of rotatable bonds is 4. The van der Waals surface area contributed by atoms with Crippen LogP contribution in [0.15, 0.2) is 67.4 Å². The molecular weight excluding hydrogens is 445 g/mol. The molecule has 0 unspecified atom stereocenters. The van der Waals surface area contributed by atoms with Crippen molar-refractivity contribution >= 4 is 11.6 Å². The van der Waals surface area contributed by atoms with Crippen molar-refractivity contribution in [2.75, 3.05) is 5.32 Å². The maximum atomic E-state index is 12.9. The molecule has 4 aromatic heterocycles. The minimum absolute atomic E-state index is 0.196. The molecule has 4 rings (SSSR count). The monoisotopic (exact) mass is 460 g/mol. The van der Waals surface area contributed by atoms with Crippen molar-refractivity contribution in [3.8, 4) is 28.5 Å². The maximum Gasteiger partial charge on any atom is 0.433 e. The molecule has 0 aromatic carbocycles. The van der Waals surface area contributed by atoms with Gasteiger partial charge in [0.15, 0.2) is 0 Å². The summed E-state index contributed by atoms with van der Waals surface area (Å²) in [7, 11) is 0. The number of anilines is 1. The Balaban J connectivity index is 1.64. The number of nitriles is 1. The molecule has 1 N–H and O–H groups in total. The first kappa shape index (κ1) is 22.5. The lowest BCUT2D eigenvalue weighted by atomic mass is 10.0. The summed E-state index contributed by atoms with van der Waals surface area (Å²) in [6, 6.07) is 10.8. The molecule has 0 spiro atoms. The number of hydrogen-bond donors (Lipinski definition) is 1. The van der Waals surface area contributed by atoms with Gasteiger partial charge >= 0.3 is 6.18 Å². The van der Waals surface area contributed by atoms with E-state index in [0.29, 0.717) is 39.7 Å². The van der Waals surface area contributed by atoms with E-state index in [-0.39, 0.29) is 11.3 Å². The second-order valence-corrected chi connectivity index (χ2v) is 7.21. The molecule has 0 fully saturated rings. The van der Waals surface area contributed by atoms with E-state index in [1.807, 2.05) is 0 Å². The normalized spacial score (nSPS) is 11.0. The molecule has 0 aliphatic heterocycles. The summed E-state index contributed by atoms with van der Waals surface area (Å²) in [5.74, 6) is -0.743. The molecule has 0 radical (unpaired) electrons. The van der Waals surface area contributed by atoms with Crippen molar-refractivity contribution < 1.29 is 18.0 Å².